The van der Waals surface area contributed by atoms with E-state index in [0.717, 1.165) is 40.4 Å². The molecule has 3 aromatic heterocycles. The van der Waals surface area contributed by atoms with Crippen LogP contribution >= 0.6 is 0 Å². The number of aromatic nitrogens is 5. The number of fused-ring (bicyclic) bond motifs is 2. The van der Waals surface area contributed by atoms with E-state index >= 15 is 0 Å². The van der Waals surface area contributed by atoms with Gasteiger partial charge in [0.1, 0.15) is 23.9 Å². The number of pyridine rings is 1. The van der Waals surface area contributed by atoms with Crippen LogP contribution in [0.5, 0.6) is 5.88 Å². The summed E-state index contributed by atoms with van der Waals surface area (Å²) >= 11 is 0. The Hall–Kier alpha value is -3.30. The maximum Gasteiger partial charge on any atom is 0.214 e. The molecule has 1 aliphatic carbocycles. The van der Waals surface area contributed by atoms with Crippen LogP contribution < -0.4 is 10.5 Å². The first kappa shape index (κ1) is 21.5. The lowest BCUT2D eigenvalue weighted by atomic mass is 9.95. The van der Waals surface area contributed by atoms with Crippen molar-refractivity contribution in [3.63, 3.8) is 0 Å². The molecule has 0 saturated heterocycles. The number of aliphatic hydroxyl groups excluding tert-OH is 1. The Morgan fingerprint density at radius 3 is 2.82 bits per heavy atom. The lowest BCUT2D eigenvalue weighted by Crippen LogP contribution is -2.27. The first-order valence-corrected chi connectivity index (χ1v) is 11.2. The van der Waals surface area contributed by atoms with E-state index in [1.165, 1.54) is 6.33 Å². The fourth-order valence-corrected chi connectivity index (χ4v) is 3.88. The van der Waals surface area contributed by atoms with E-state index in [2.05, 4.69) is 34.9 Å². The average molecular weight is 449 g/mol. The number of ether oxygens (including phenoxy) is 2. The molecule has 0 unspecified atom stereocenters. The Balaban J connectivity index is 1.51. The van der Waals surface area contributed by atoms with E-state index in [0.29, 0.717) is 43.2 Å². The molecule has 172 valence electrons. The number of nitrogens with two attached hydrogens (primary N) is 1. The third-order valence-electron chi connectivity index (χ3n) is 5.61. The number of hydrogen-bond acceptors (Lipinski definition) is 8. The van der Waals surface area contributed by atoms with Crippen molar-refractivity contribution in [2.45, 2.75) is 39.3 Å². The van der Waals surface area contributed by atoms with E-state index < -0.39 is 0 Å². The van der Waals surface area contributed by atoms with Crippen LogP contribution in [0.15, 0.2) is 36.7 Å². The summed E-state index contributed by atoms with van der Waals surface area (Å²) in [5.74, 6) is 1.05. The Morgan fingerprint density at radius 2 is 2.03 bits per heavy atom. The molecule has 1 saturated carbocycles. The zero-order valence-electron chi connectivity index (χ0n) is 18.9. The Morgan fingerprint density at radius 1 is 1.18 bits per heavy atom. The van der Waals surface area contributed by atoms with Gasteiger partial charge in [0, 0.05) is 22.4 Å². The van der Waals surface area contributed by atoms with Crippen LogP contribution in [0.3, 0.4) is 0 Å². The van der Waals surface area contributed by atoms with Crippen LogP contribution in [0.1, 0.15) is 26.7 Å². The molecule has 9 nitrogen and oxygen atoms in total. The van der Waals surface area contributed by atoms with E-state index in [1.54, 1.807) is 0 Å². The van der Waals surface area contributed by atoms with Crippen molar-refractivity contribution in [3.8, 4) is 17.1 Å². The summed E-state index contributed by atoms with van der Waals surface area (Å²) in [6.45, 7) is 5.54. The third-order valence-corrected chi connectivity index (χ3v) is 5.61. The largest absolute Gasteiger partial charge is 0.474 e. The lowest BCUT2D eigenvalue weighted by Gasteiger charge is -2.24. The molecule has 1 aromatic carbocycles. The molecule has 1 fully saturated rings. The van der Waals surface area contributed by atoms with Crippen LogP contribution in [-0.2, 0) is 11.3 Å². The van der Waals surface area contributed by atoms with Gasteiger partial charge in [0.25, 0.3) is 0 Å². The molecule has 0 radical (unpaired) electrons. The topological polar surface area (TPSA) is 121 Å². The monoisotopic (exact) mass is 448 g/mol. The molecule has 33 heavy (non-hydrogen) atoms. The normalized spacial score (nSPS) is 14.3. The van der Waals surface area contributed by atoms with Crippen LogP contribution in [0.25, 0.3) is 33.2 Å². The van der Waals surface area contributed by atoms with Gasteiger partial charge in [-0.3, -0.25) is 0 Å². The van der Waals surface area contributed by atoms with Crippen molar-refractivity contribution in [1.82, 2.24) is 24.7 Å². The maximum atomic E-state index is 9.00. The van der Waals surface area contributed by atoms with Gasteiger partial charge in [0.15, 0.2) is 5.65 Å². The fraction of sp³-hybridized carbons (Fsp3) is 0.417. The Kier molecular flexibility index (Phi) is 5.59. The summed E-state index contributed by atoms with van der Waals surface area (Å²) in [7, 11) is 0. The molecule has 9 heteroatoms. The molecule has 3 heterocycles. The van der Waals surface area contributed by atoms with Crippen molar-refractivity contribution >= 4 is 27.8 Å². The van der Waals surface area contributed by atoms with Gasteiger partial charge in [-0.05, 0) is 31.0 Å². The minimum Gasteiger partial charge on any atom is -0.474 e. The van der Waals surface area contributed by atoms with Gasteiger partial charge in [0.05, 0.1) is 37.3 Å². The first-order valence-electron chi connectivity index (χ1n) is 11.2. The predicted octanol–water partition coefficient (Wildman–Crippen LogP) is 3.20. The number of anilines is 1. The number of nitrogens with zero attached hydrogens (tertiary/aromatic N) is 5. The minimum atomic E-state index is -0.226. The molecular formula is C24H28N6O3. The standard InChI is InChI=1S/C24H28N6O3/c1-24(2,13-32-10-9-31)12-30-23-20(22(25)26-14-27-23)21(29-30)16-3-7-18-15(11-16)4-8-19(28-18)33-17-5-6-17/h3-4,7-8,11,14,17,31H,5-6,9-10,12-13H2,1-2H3,(H2,25,26,27). The summed E-state index contributed by atoms with van der Waals surface area (Å²) in [6, 6.07) is 9.95. The average Bonchev–Trinajstić information content (AvgIpc) is 3.53. The predicted molar refractivity (Wildman–Crippen MR) is 126 cm³/mol. The number of aliphatic hydroxyl groups is 1. The highest BCUT2D eigenvalue weighted by molar-refractivity contribution is 5.99. The summed E-state index contributed by atoms with van der Waals surface area (Å²) in [5.41, 5.74) is 9.24. The number of nitrogen functional groups attached to an aromatic ring is 1. The van der Waals surface area contributed by atoms with Gasteiger partial charge in [-0.15, -0.1) is 0 Å². The summed E-state index contributed by atoms with van der Waals surface area (Å²) in [6.07, 6.45) is 3.97. The number of benzene rings is 1. The van der Waals surface area contributed by atoms with Crippen molar-refractivity contribution in [1.29, 1.82) is 0 Å². The Bertz CT molecular complexity index is 1300. The molecule has 0 spiro atoms. The quantitative estimate of drug-likeness (QED) is 0.375. The number of hydrogen-bond donors (Lipinski definition) is 2. The van der Waals surface area contributed by atoms with Crippen molar-refractivity contribution in [2.75, 3.05) is 25.6 Å². The van der Waals surface area contributed by atoms with E-state index in [1.807, 2.05) is 28.9 Å². The van der Waals surface area contributed by atoms with Gasteiger partial charge in [-0.25, -0.2) is 19.6 Å². The summed E-state index contributed by atoms with van der Waals surface area (Å²) in [4.78, 5) is 13.3. The second-order valence-corrected chi connectivity index (χ2v) is 9.28. The lowest BCUT2D eigenvalue weighted by molar-refractivity contribution is 0.0315. The second kappa shape index (κ2) is 8.57. The molecule has 0 aliphatic heterocycles. The zero-order valence-corrected chi connectivity index (χ0v) is 18.9. The van der Waals surface area contributed by atoms with Gasteiger partial charge < -0.3 is 20.3 Å². The molecular weight excluding hydrogens is 420 g/mol. The first-order chi connectivity index (χ1) is 15.9. The van der Waals surface area contributed by atoms with E-state index in [-0.39, 0.29) is 12.0 Å². The van der Waals surface area contributed by atoms with Crippen LogP contribution in [0.4, 0.5) is 5.82 Å². The summed E-state index contributed by atoms with van der Waals surface area (Å²) in [5, 5.41) is 15.6. The van der Waals surface area contributed by atoms with Gasteiger partial charge in [0.2, 0.25) is 5.88 Å². The third kappa shape index (κ3) is 4.60. The Labute approximate surface area is 191 Å². The molecule has 0 atom stereocenters. The SMILES string of the molecule is CC(C)(COCCO)Cn1nc(-c2ccc3nc(OC4CC4)ccc3c2)c2c(N)ncnc21. The van der Waals surface area contributed by atoms with Crippen molar-refractivity contribution in [2.24, 2.45) is 5.41 Å². The smallest absolute Gasteiger partial charge is 0.214 e. The van der Waals surface area contributed by atoms with Crippen LogP contribution in [0, 0.1) is 5.41 Å². The van der Waals surface area contributed by atoms with Gasteiger partial charge in [-0.1, -0.05) is 19.9 Å². The minimum absolute atomic E-state index is 0.000290. The van der Waals surface area contributed by atoms with Crippen molar-refractivity contribution < 1.29 is 14.6 Å². The zero-order chi connectivity index (χ0) is 23.0. The maximum absolute atomic E-state index is 9.00. The molecule has 5 rings (SSSR count). The molecule has 0 bridgehead atoms. The number of rotatable bonds is 9. The fourth-order valence-electron chi connectivity index (χ4n) is 3.88. The highest BCUT2D eigenvalue weighted by Crippen LogP contribution is 2.34. The van der Waals surface area contributed by atoms with Gasteiger partial charge in [-0.2, -0.15) is 5.10 Å². The highest BCUT2D eigenvalue weighted by Gasteiger charge is 2.25. The van der Waals surface area contributed by atoms with E-state index in [9.17, 15) is 0 Å². The second-order valence-electron chi connectivity index (χ2n) is 9.28. The van der Waals surface area contributed by atoms with Crippen molar-refractivity contribution in [3.05, 3.63) is 36.7 Å². The molecule has 3 N–H and O–H groups in total. The molecule has 1 aliphatic rings. The van der Waals surface area contributed by atoms with Gasteiger partial charge >= 0.3 is 0 Å². The molecule has 0 amide bonds. The molecule has 4 aromatic rings. The van der Waals surface area contributed by atoms with E-state index in [4.69, 9.17) is 25.4 Å². The van der Waals surface area contributed by atoms with Crippen LogP contribution in [0.2, 0.25) is 0 Å². The van der Waals surface area contributed by atoms with Crippen LogP contribution in [-0.4, -0.2) is 55.8 Å². The highest BCUT2D eigenvalue weighted by atomic mass is 16.5. The summed E-state index contributed by atoms with van der Waals surface area (Å²) < 4.78 is 13.3.